The van der Waals surface area contributed by atoms with E-state index in [0.717, 1.165) is 18.4 Å². The number of hydrogen-bond acceptors (Lipinski definition) is 3. The predicted octanol–water partition coefficient (Wildman–Crippen LogP) is 3.09. The highest BCUT2D eigenvalue weighted by molar-refractivity contribution is 7.80. The lowest BCUT2D eigenvalue weighted by Crippen LogP contribution is -2.46. The molecule has 2 rings (SSSR count). The van der Waals surface area contributed by atoms with Crippen molar-refractivity contribution in [2.45, 2.75) is 39.8 Å². The number of unbranched alkanes of at least 4 members (excludes halogenated alkanes) is 1. The Morgan fingerprint density at radius 3 is 2.65 bits per heavy atom. The number of amides is 1. The van der Waals surface area contributed by atoms with E-state index in [0.29, 0.717) is 29.5 Å². The lowest BCUT2D eigenvalue weighted by molar-refractivity contribution is 0.0943. The highest BCUT2D eigenvalue weighted by Crippen LogP contribution is 2.20. The van der Waals surface area contributed by atoms with Crippen molar-refractivity contribution in [3.8, 4) is 0 Å². The predicted molar refractivity (Wildman–Crippen MR) is 103 cm³/mol. The molecule has 0 saturated heterocycles. The average molecular weight is 398 g/mol. The zero-order chi connectivity index (χ0) is 19.1. The molecule has 0 radical (unpaired) electrons. The molecule has 0 spiro atoms. The maximum Gasteiger partial charge on any atom is 0.274 e. The summed E-state index contributed by atoms with van der Waals surface area (Å²) in [5, 5.41) is 7.75. The molecule has 140 valence electrons. The summed E-state index contributed by atoms with van der Waals surface area (Å²) >= 11 is 11.4. The third-order valence-electron chi connectivity index (χ3n) is 3.67. The van der Waals surface area contributed by atoms with Crippen molar-refractivity contribution in [3.05, 3.63) is 52.1 Å². The maximum atomic E-state index is 12.9. The van der Waals surface area contributed by atoms with Crippen molar-refractivity contribution < 1.29 is 9.18 Å². The summed E-state index contributed by atoms with van der Waals surface area (Å²) in [7, 11) is 0. The molecule has 0 aliphatic rings. The van der Waals surface area contributed by atoms with Crippen molar-refractivity contribution in [1.82, 2.24) is 25.9 Å². The van der Waals surface area contributed by atoms with E-state index in [1.54, 1.807) is 23.7 Å². The van der Waals surface area contributed by atoms with Crippen molar-refractivity contribution in [2.75, 3.05) is 0 Å². The van der Waals surface area contributed by atoms with Crippen LogP contribution in [0.1, 0.15) is 41.4 Å². The molecular weight excluding hydrogens is 377 g/mol. The van der Waals surface area contributed by atoms with Gasteiger partial charge in [0.15, 0.2) is 5.11 Å². The summed E-state index contributed by atoms with van der Waals surface area (Å²) in [4.78, 5) is 12.3. The molecule has 0 unspecified atom stereocenters. The van der Waals surface area contributed by atoms with Crippen LogP contribution in [0.2, 0.25) is 5.15 Å². The molecule has 0 atom stereocenters. The Balaban J connectivity index is 1.86. The van der Waals surface area contributed by atoms with Crippen LogP contribution in [0.15, 0.2) is 24.3 Å². The van der Waals surface area contributed by atoms with Crippen LogP contribution in [0.3, 0.4) is 0 Å². The van der Waals surface area contributed by atoms with Gasteiger partial charge in [0.1, 0.15) is 16.5 Å². The molecule has 0 fully saturated rings. The Labute approximate surface area is 162 Å². The monoisotopic (exact) mass is 397 g/mol. The van der Waals surface area contributed by atoms with Gasteiger partial charge in [-0.15, -0.1) is 0 Å². The quantitative estimate of drug-likeness (QED) is 0.516. The van der Waals surface area contributed by atoms with E-state index in [4.69, 9.17) is 23.8 Å². The van der Waals surface area contributed by atoms with Gasteiger partial charge in [0, 0.05) is 13.1 Å². The van der Waals surface area contributed by atoms with Gasteiger partial charge in [-0.3, -0.25) is 20.3 Å². The van der Waals surface area contributed by atoms with Gasteiger partial charge in [0.25, 0.3) is 5.91 Å². The Kier molecular flexibility index (Phi) is 7.35. The second kappa shape index (κ2) is 9.49. The van der Waals surface area contributed by atoms with Crippen LogP contribution in [0, 0.1) is 12.7 Å². The second-order valence-electron chi connectivity index (χ2n) is 5.72. The molecular formula is C17H21ClFN5OS. The zero-order valence-corrected chi connectivity index (χ0v) is 16.2. The van der Waals surface area contributed by atoms with Crippen LogP contribution in [0.25, 0.3) is 0 Å². The van der Waals surface area contributed by atoms with E-state index in [1.807, 2.05) is 0 Å². The Morgan fingerprint density at radius 2 is 2.00 bits per heavy atom. The molecule has 1 aromatic carbocycles. The molecule has 1 aromatic heterocycles. The summed E-state index contributed by atoms with van der Waals surface area (Å²) in [6.07, 6.45) is 1.93. The summed E-state index contributed by atoms with van der Waals surface area (Å²) in [5.41, 5.74) is 6.85. The summed E-state index contributed by atoms with van der Waals surface area (Å²) in [6, 6.07) is 6.04. The molecule has 26 heavy (non-hydrogen) atoms. The number of aromatic nitrogens is 2. The average Bonchev–Trinajstić information content (AvgIpc) is 2.91. The first-order valence-corrected chi connectivity index (χ1v) is 9.02. The minimum Gasteiger partial charge on any atom is -0.357 e. The molecule has 9 heteroatoms. The van der Waals surface area contributed by atoms with Crippen molar-refractivity contribution in [2.24, 2.45) is 0 Å². The smallest absolute Gasteiger partial charge is 0.274 e. The standard InChI is InChI=1S/C17H21ClFN5OS/c1-3-4-9-24-15(18)14(11(2)23-24)16(25)21-22-17(26)20-10-12-5-7-13(19)8-6-12/h5-8H,3-4,9-10H2,1-2H3,(H,21,25)(H2,20,22,26). The highest BCUT2D eigenvalue weighted by atomic mass is 35.5. The fraction of sp³-hybridized carbons (Fsp3) is 0.353. The van der Waals surface area contributed by atoms with Gasteiger partial charge in [0.05, 0.1) is 5.69 Å². The van der Waals surface area contributed by atoms with E-state index in [1.165, 1.54) is 12.1 Å². The van der Waals surface area contributed by atoms with Gasteiger partial charge >= 0.3 is 0 Å². The van der Waals surface area contributed by atoms with Crippen LogP contribution in [-0.4, -0.2) is 20.8 Å². The number of halogens is 2. The Bertz CT molecular complexity index is 778. The molecule has 1 amide bonds. The van der Waals surface area contributed by atoms with Crippen LogP contribution in [0.5, 0.6) is 0 Å². The van der Waals surface area contributed by atoms with Gasteiger partial charge in [-0.1, -0.05) is 37.1 Å². The number of hydrogen-bond donors (Lipinski definition) is 3. The molecule has 6 nitrogen and oxygen atoms in total. The van der Waals surface area contributed by atoms with Crippen molar-refractivity contribution in [1.29, 1.82) is 0 Å². The topological polar surface area (TPSA) is 71.0 Å². The van der Waals surface area contributed by atoms with Gasteiger partial charge in [-0.25, -0.2) is 4.39 Å². The van der Waals surface area contributed by atoms with E-state index >= 15 is 0 Å². The first-order chi connectivity index (χ1) is 12.4. The summed E-state index contributed by atoms with van der Waals surface area (Å²) < 4.78 is 14.5. The first-order valence-electron chi connectivity index (χ1n) is 8.24. The first kappa shape index (κ1) is 20.1. The maximum absolute atomic E-state index is 12.9. The van der Waals surface area contributed by atoms with Gasteiger partial charge in [-0.05, 0) is 43.3 Å². The lowest BCUT2D eigenvalue weighted by atomic mass is 10.2. The third kappa shape index (κ3) is 5.40. The van der Waals surface area contributed by atoms with E-state index < -0.39 is 5.91 Å². The van der Waals surface area contributed by atoms with Gasteiger partial charge in [-0.2, -0.15) is 5.10 Å². The van der Waals surface area contributed by atoms with Crippen LogP contribution >= 0.6 is 23.8 Å². The van der Waals surface area contributed by atoms with Crippen LogP contribution < -0.4 is 16.2 Å². The number of nitrogens with zero attached hydrogens (tertiary/aromatic N) is 2. The van der Waals surface area contributed by atoms with Crippen LogP contribution in [0.4, 0.5) is 4.39 Å². The lowest BCUT2D eigenvalue weighted by Gasteiger charge is -2.11. The number of benzene rings is 1. The molecule has 0 aliphatic heterocycles. The van der Waals surface area contributed by atoms with Crippen molar-refractivity contribution in [3.63, 3.8) is 0 Å². The van der Waals surface area contributed by atoms with Crippen LogP contribution in [-0.2, 0) is 13.1 Å². The number of rotatable bonds is 6. The van der Waals surface area contributed by atoms with E-state index in [-0.39, 0.29) is 10.9 Å². The van der Waals surface area contributed by atoms with E-state index in [9.17, 15) is 9.18 Å². The summed E-state index contributed by atoms with van der Waals surface area (Å²) in [5.74, 6) is -0.713. The highest BCUT2D eigenvalue weighted by Gasteiger charge is 2.20. The molecule has 3 N–H and O–H groups in total. The molecule has 1 heterocycles. The minimum atomic E-state index is -0.416. The number of carbonyl (C=O) groups is 1. The molecule has 2 aromatic rings. The minimum absolute atomic E-state index is 0.231. The van der Waals surface area contributed by atoms with E-state index in [2.05, 4.69) is 28.2 Å². The molecule has 0 bridgehead atoms. The number of thiocarbonyl (C=S) groups is 1. The molecule has 0 saturated carbocycles. The Morgan fingerprint density at radius 1 is 1.31 bits per heavy atom. The number of aryl methyl sites for hydroxylation is 2. The largest absolute Gasteiger partial charge is 0.357 e. The number of hydrazine groups is 1. The number of nitrogens with one attached hydrogen (secondary N) is 3. The zero-order valence-electron chi connectivity index (χ0n) is 14.6. The normalized spacial score (nSPS) is 10.5. The second-order valence-corrected chi connectivity index (χ2v) is 6.48. The van der Waals surface area contributed by atoms with Crippen molar-refractivity contribution >= 4 is 34.8 Å². The SMILES string of the molecule is CCCCn1nc(C)c(C(=O)NNC(=S)NCc2ccc(F)cc2)c1Cl. The summed E-state index contributed by atoms with van der Waals surface area (Å²) in [6.45, 7) is 4.86. The fourth-order valence-electron chi connectivity index (χ4n) is 2.27. The van der Waals surface area contributed by atoms with Gasteiger partial charge in [0.2, 0.25) is 0 Å². The molecule has 0 aliphatic carbocycles. The Hall–Kier alpha value is -2.19. The van der Waals surface area contributed by atoms with Gasteiger partial charge < -0.3 is 5.32 Å². The number of carbonyl (C=O) groups excluding carboxylic acids is 1. The fourth-order valence-corrected chi connectivity index (χ4v) is 2.74. The third-order valence-corrected chi connectivity index (χ3v) is 4.30.